The molecule has 0 rings (SSSR count). The molecular formula is C7H16N2S. The lowest BCUT2D eigenvalue weighted by Crippen LogP contribution is -2.16. The Bertz CT molecular complexity index is 112. The molecule has 1 atom stereocenters. The maximum absolute atomic E-state index is 7.03. The molecule has 0 saturated heterocycles. The molecule has 0 aromatic heterocycles. The van der Waals surface area contributed by atoms with Gasteiger partial charge in [0.2, 0.25) is 0 Å². The first-order valence-electron chi connectivity index (χ1n) is 3.50. The lowest BCUT2D eigenvalue weighted by Gasteiger charge is -2.11. The van der Waals surface area contributed by atoms with Crippen LogP contribution in [0.4, 0.5) is 0 Å². The van der Waals surface area contributed by atoms with Crippen molar-refractivity contribution in [3.63, 3.8) is 0 Å². The van der Waals surface area contributed by atoms with Crippen molar-refractivity contribution in [2.75, 3.05) is 0 Å². The van der Waals surface area contributed by atoms with Crippen LogP contribution in [-0.2, 0) is 0 Å². The highest BCUT2D eigenvalue weighted by molar-refractivity contribution is 8.00. The second-order valence-electron chi connectivity index (χ2n) is 2.72. The number of nitrogens with one attached hydrogen (secondary N) is 1. The monoisotopic (exact) mass is 160 g/mol. The lowest BCUT2D eigenvalue weighted by molar-refractivity contribution is 0.976. The first-order valence-corrected chi connectivity index (χ1v) is 4.45. The zero-order valence-corrected chi connectivity index (χ0v) is 7.66. The molecule has 60 valence electrons. The predicted octanol–water partition coefficient (Wildman–Crippen LogP) is 1.84. The van der Waals surface area contributed by atoms with Crippen LogP contribution in [0.25, 0.3) is 0 Å². The fourth-order valence-corrected chi connectivity index (χ4v) is 2.03. The molecule has 1 unspecified atom stereocenters. The van der Waals surface area contributed by atoms with Gasteiger partial charge in [0, 0.05) is 11.7 Å². The minimum absolute atomic E-state index is 0.292. The van der Waals surface area contributed by atoms with Crippen LogP contribution < -0.4 is 5.73 Å². The third-order valence-electron chi connectivity index (χ3n) is 1.01. The van der Waals surface area contributed by atoms with E-state index in [1.807, 2.05) is 11.8 Å². The van der Waals surface area contributed by atoms with Crippen LogP contribution in [0.15, 0.2) is 0 Å². The van der Waals surface area contributed by atoms with Crippen molar-refractivity contribution in [1.82, 2.24) is 0 Å². The van der Waals surface area contributed by atoms with E-state index in [1.165, 1.54) is 0 Å². The Morgan fingerprint density at radius 3 is 2.30 bits per heavy atom. The van der Waals surface area contributed by atoms with E-state index in [4.69, 9.17) is 11.1 Å². The third kappa shape index (κ3) is 5.95. The topological polar surface area (TPSA) is 49.9 Å². The molecule has 0 saturated carbocycles. The highest BCUT2D eigenvalue weighted by atomic mass is 32.2. The number of amidine groups is 1. The van der Waals surface area contributed by atoms with E-state index in [9.17, 15) is 0 Å². The van der Waals surface area contributed by atoms with Crippen LogP contribution >= 0.6 is 11.8 Å². The first-order chi connectivity index (χ1) is 4.52. The van der Waals surface area contributed by atoms with Gasteiger partial charge in [0.25, 0.3) is 0 Å². The quantitative estimate of drug-likeness (QED) is 0.487. The Morgan fingerprint density at radius 1 is 1.50 bits per heavy atom. The Labute approximate surface area is 67.1 Å². The highest BCUT2D eigenvalue weighted by Crippen LogP contribution is 2.18. The maximum atomic E-state index is 7.03. The van der Waals surface area contributed by atoms with Gasteiger partial charge in [0.05, 0.1) is 5.84 Å². The summed E-state index contributed by atoms with van der Waals surface area (Å²) in [6.45, 7) is 6.41. The van der Waals surface area contributed by atoms with Crippen LogP contribution in [0.1, 0.15) is 27.2 Å². The van der Waals surface area contributed by atoms with Gasteiger partial charge in [-0.25, -0.2) is 0 Å². The average molecular weight is 160 g/mol. The molecule has 0 aliphatic heterocycles. The Kier molecular flexibility index (Phi) is 4.52. The van der Waals surface area contributed by atoms with Gasteiger partial charge < -0.3 is 5.73 Å². The summed E-state index contributed by atoms with van der Waals surface area (Å²) in [7, 11) is 0. The maximum Gasteiger partial charge on any atom is 0.0916 e. The van der Waals surface area contributed by atoms with Crippen molar-refractivity contribution >= 4 is 17.6 Å². The number of nitrogens with two attached hydrogens (primary N) is 1. The molecule has 0 aromatic carbocycles. The Morgan fingerprint density at radius 2 is 2.00 bits per heavy atom. The second kappa shape index (κ2) is 4.61. The summed E-state index contributed by atoms with van der Waals surface area (Å²) in [5, 5.41) is 8.15. The van der Waals surface area contributed by atoms with E-state index < -0.39 is 0 Å². The minimum atomic E-state index is 0.292. The summed E-state index contributed by atoms with van der Waals surface area (Å²) in [6, 6.07) is 0. The molecule has 3 heteroatoms. The van der Waals surface area contributed by atoms with Gasteiger partial charge in [0.1, 0.15) is 0 Å². The second-order valence-corrected chi connectivity index (χ2v) is 4.74. The number of hydrogen-bond acceptors (Lipinski definition) is 2. The standard InChI is InChI=1S/C7H16N2S/c1-5(2)10-6(3)4-7(8)9/h5-6H,4H2,1-3H3,(H3,8,9). The Balaban J connectivity index is 3.43. The lowest BCUT2D eigenvalue weighted by atomic mass is 10.3. The van der Waals surface area contributed by atoms with Crippen LogP contribution in [0, 0.1) is 5.41 Å². The molecule has 3 N–H and O–H groups in total. The summed E-state index contributed by atoms with van der Waals surface area (Å²) in [5.74, 6) is 0.292. The molecule has 0 amide bonds. The van der Waals surface area contributed by atoms with E-state index in [1.54, 1.807) is 0 Å². The number of rotatable bonds is 4. The number of thioether (sulfide) groups is 1. The molecule has 0 aliphatic carbocycles. The largest absolute Gasteiger partial charge is 0.388 e. The molecule has 0 heterocycles. The van der Waals surface area contributed by atoms with Crippen molar-refractivity contribution < 1.29 is 0 Å². The van der Waals surface area contributed by atoms with Crippen molar-refractivity contribution in [2.24, 2.45) is 5.73 Å². The molecule has 2 nitrogen and oxygen atoms in total. The highest BCUT2D eigenvalue weighted by Gasteiger charge is 2.05. The fraction of sp³-hybridized carbons (Fsp3) is 0.857. The average Bonchev–Trinajstić information content (AvgIpc) is 1.58. The van der Waals surface area contributed by atoms with E-state index >= 15 is 0 Å². The van der Waals surface area contributed by atoms with Gasteiger partial charge in [-0.2, -0.15) is 11.8 Å². The van der Waals surface area contributed by atoms with Crippen LogP contribution in [0.5, 0.6) is 0 Å². The summed E-state index contributed by atoms with van der Waals surface area (Å²) in [5.41, 5.74) is 5.24. The van der Waals surface area contributed by atoms with Crippen molar-refractivity contribution in [3.8, 4) is 0 Å². The zero-order chi connectivity index (χ0) is 8.15. The van der Waals surface area contributed by atoms with E-state index in [-0.39, 0.29) is 0 Å². The van der Waals surface area contributed by atoms with Gasteiger partial charge in [-0.05, 0) is 5.25 Å². The SMILES string of the molecule is CC(C)SC(C)CC(=N)N. The molecule has 0 aliphatic rings. The predicted molar refractivity (Wildman–Crippen MR) is 48.7 cm³/mol. The van der Waals surface area contributed by atoms with E-state index in [0.717, 1.165) is 0 Å². The summed E-state index contributed by atoms with van der Waals surface area (Å²) in [6.07, 6.45) is 0.711. The van der Waals surface area contributed by atoms with Crippen LogP contribution in [-0.4, -0.2) is 16.3 Å². The molecular weight excluding hydrogens is 144 g/mol. The van der Waals surface area contributed by atoms with Crippen molar-refractivity contribution in [2.45, 2.75) is 37.7 Å². The molecule has 0 bridgehead atoms. The molecule has 0 radical (unpaired) electrons. The van der Waals surface area contributed by atoms with Crippen LogP contribution in [0.3, 0.4) is 0 Å². The fourth-order valence-electron chi connectivity index (χ4n) is 0.822. The summed E-state index contributed by atoms with van der Waals surface area (Å²) >= 11 is 1.86. The molecule has 0 spiro atoms. The van der Waals surface area contributed by atoms with Crippen molar-refractivity contribution in [3.05, 3.63) is 0 Å². The smallest absolute Gasteiger partial charge is 0.0916 e. The minimum Gasteiger partial charge on any atom is -0.388 e. The summed E-state index contributed by atoms with van der Waals surface area (Å²) < 4.78 is 0. The van der Waals surface area contributed by atoms with E-state index in [2.05, 4.69) is 20.8 Å². The molecule has 0 fully saturated rings. The molecule has 10 heavy (non-hydrogen) atoms. The van der Waals surface area contributed by atoms with Crippen LogP contribution in [0.2, 0.25) is 0 Å². The van der Waals surface area contributed by atoms with Gasteiger partial charge in [-0.1, -0.05) is 20.8 Å². The van der Waals surface area contributed by atoms with Gasteiger partial charge >= 0.3 is 0 Å². The number of hydrogen-bond donors (Lipinski definition) is 2. The first kappa shape index (κ1) is 9.82. The van der Waals surface area contributed by atoms with Gasteiger partial charge in [0.15, 0.2) is 0 Å². The van der Waals surface area contributed by atoms with Crippen molar-refractivity contribution in [1.29, 1.82) is 5.41 Å². The summed E-state index contributed by atoms with van der Waals surface area (Å²) in [4.78, 5) is 0. The third-order valence-corrected chi connectivity index (χ3v) is 2.19. The molecule has 0 aromatic rings. The zero-order valence-electron chi connectivity index (χ0n) is 6.85. The van der Waals surface area contributed by atoms with E-state index in [0.29, 0.717) is 22.8 Å². The normalized spacial score (nSPS) is 13.6. The van der Waals surface area contributed by atoms with Gasteiger partial charge in [-0.15, -0.1) is 0 Å². The Hall–Kier alpha value is -0.180. The van der Waals surface area contributed by atoms with Gasteiger partial charge in [-0.3, -0.25) is 5.41 Å².